The molecule has 0 bridgehead atoms. The van der Waals surface area contributed by atoms with E-state index < -0.39 is 23.8 Å². The average molecular weight is 504 g/mol. The standard InChI is InChI=1S/C28H45N3O5/c1-9-10-13-29-25(33)24(20-11-12-23(32)19(5)15-20)31(22-16-18(22)4)26(34)21(14-17(2)3)30-27(35)36-28(6,7)8/h11-12,15,17-18,21-22,24,32H,9-10,13-14,16H2,1-8H3,(H,29,33)(H,30,35). The van der Waals surface area contributed by atoms with Gasteiger partial charge in [-0.15, -0.1) is 0 Å². The van der Waals surface area contributed by atoms with Gasteiger partial charge in [0, 0.05) is 12.6 Å². The quantitative estimate of drug-likeness (QED) is 0.375. The molecule has 0 aromatic heterocycles. The normalized spacial score (nSPS) is 18.8. The van der Waals surface area contributed by atoms with E-state index in [0.717, 1.165) is 19.3 Å². The number of amides is 3. The van der Waals surface area contributed by atoms with Gasteiger partial charge in [0.1, 0.15) is 23.4 Å². The first-order valence-corrected chi connectivity index (χ1v) is 13.1. The largest absolute Gasteiger partial charge is 0.508 e. The summed E-state index contributed by atoms with van der Waals surface area (Å²) in [4.78, 5) is 42.0. The van der Waals surface area contributed by atoms with Gasteiger partial charge in [-0.3, -0.25) is 9.59 Å². The molecule has 4 atom stereocenters. The zero-order valence-corrected chi connectivity index (χ0v) is 23.2. The molecule has 202 valence electrons. The zero-order chi connectivity index (χ0) is 27.2. The molecule has 1 saturated carbocycles. The summed E-state index contributed by atoms with van der Waals surface area (Å²) in [6.45, 7) is 15.7. The summed E-state index contributed by atoms with van der Waals surface area (Å²) in [5.74, 6) is -0.0721. The Balaban J connectivity index is 2.48. The van der Waals surface area contributed by atoms with Crippen molar-refractivity contribution in [2.75, 3.05) is 6.54 Å². The van der Waals surface area contributed by atoms with E-state index in [1.807, 2.05) is 20.8 Å². The Morgan fingerprint density at radius 1 is 1.22 bits per heavy atom. The van der Waals surface area contributed by atoms with Gasteiger partial charge in [-0.2, -0.15) is 0 Å². The van der Waals surface area contributed by atoms with Crippen LogP contribution in [-0.4, -0.2) is 52.1 Å². The molecule has 4 unspecified atom stereocenters. The van der Waals surface area contributed by atoms with E-state index in [-0.39, 0.29) is 35.4 Å². The maximum Gasteiger partial charge on any atom is 0.408 e. The van der Waals surface area contributed by atoms with Crippen LogP contribution >= 0.6 is 0 Å². The maximum atomic E-state index is 14.1. The van der Waals surface area contributed by atoms with E-state index in [9.17, 15) is 19.5 Å². The van der Waals surface area contributed by atoms with E-state index in [1.54, 1.807) is 50.8 Å². The summed E-state index contributed by atoms with van der Waals surface area (Å²) in [6.07, 6.45) is 2.30. The Bertz CT molecular complexity index is 924. The van der Waals surface area contributed by atoms with Gasteiger partial charge in [0.05, 0.1) is 0 Å². The Morgan fingerprint density at radius 3 is 2.36 bits per heavy atom. The highest BCUT2D eigenvalue weighted by atomic mass is 16.6. The van der Waals surface area contributed by atoms with Gasteiger partial charge in [-0.25, -0.2) is 4.79 Å². The van der Waals surface area contributed by atoms with Crippen LogP contribution in [0.1, 0.15) is 91.3 Å². The van der Waals surface area contributed by atoms with Crippen LogP contribution in [0.3, 0.4) is 0 Å². The third-order valence-corrected chi connectivity index (χ3v) is 6.27. The predicted octanol–water partition coefficient (Wildman–Crippen LogP) is 4.83. The van der Waals surface area contributed by atoms with Crippen LogP contribution in [0.5, 0.6) is 5.75 Å². The van der Waals surface area contributed by atoms with Gasteiger partial charge >= 0.3 is 6.09 Å². The van der Waals surface area contributed by atoms with Crippen molar-refractivity contribution in [3.05, 3.63) is 29.3 Å². The van der Waals surface area contributed by atoms with Crippen LogP contribution in [-0.2, 0) is 14.3 Å². The van der Waals surface area contributed by atoms with Crippen LogP contribution in [0.4, 0.5) is 4.79 Å². The second kappa shape index (κ2) is 12.5. The number of carbonyl (C=O) groups is 3. The van der Waals surface area contributed by atoms with Crippen molar-refractivity contribution in [3.8, 4) is 5.75 Å². The number of ether oxygens (including phenoxy) is 1. The Labute approximate surface area is 216 Å². The number of carbonyl (C=O) groups excluding carboxylic acids is 3. The molecule has 1 fully saturated rings. The number of nitrogens with one attached hydrogen (secondary N) is 2. The predicted molar refractivity (Wildman–Crippen MR) is 141 cm³/mol. The lowest BCUT2D eigenvalue weighted by atomic mass is 9.97. The molecule has 0 aliphatic heterocycles. The number of unbranched alkanes of at least 4 members (excludes halogenated alkanes) is 1. The molecule has 0 radical (unpaired) electrons. The van der Waals surface area contributed by atoms with Gasteiger partial charge < -0.3 is 25.4 Å². The zero-order valence-electron chi connectivity index (χ0n) is 23.2. The third-order valence-electron chi connectivity index (χ3n) is 6.27. The molecule has 0 saturated heterocycles. The van der Waals surface area contributed by atoms with Crippen molar-refractivity contribution in [2.24, 2.45) is 11.8 Å². The van der Waals surface area contributed by atoms with Crippen molar-refractivity contribution < 1.29 is 24.2 Å². The highest BCUT2D eigenvalue weighted by molar-refractivity contribution is 5.92. The third kappa shape index (κ3) is 8.42. The number of alkyl carbamates (subject to hydrolysis) is 1. The van der Waals surface area contributed by atoms with Gasteiger partial charge in [-0.05, 0) is 82.1 Å². The molecule has 8 heteroatoms. The van der Waals surface area contributed by atoms with Gasteiger partial charge in [0.2, 0.25) is 11.8 Å². The van der Waals surface area contributed by atoms with Crippen LogP contribution < -0.4 is 10.6 Å². The number of rotatable bonds is 11. The number of benzene rings is 1. The smallest absolute Gasteiger partial charge is 0.408 e. The minimum absolute atomic E-state index is 0.122. The average Bonchev–Trinajstić information content (AvgIpc) is 3.47. The number of hydrogen-bond acceptors (Lipinski definition) is 5. The number of aryl methyl sites for hydroxylation is 1. The van der Waals surface area contributed by atoms with Crippen molar-refractivity contribution in [3.63, 3.8) is 0 Å². The molecule has 0 heterocycles. The Morgan fingerprint density at radius 2 is 1.86 bits per heavy atom. The Kier molecular flexibility index (Phi) is 10.2. The summed E-state index contributed by atoms with van der Waals surface area (Å²) in [5, 5.41) is 15.9. The molecular formula is C28H45N3O5. The molecule has 3 N–H and O–H groups in total. The van der Waals surface area contributed by atoms with Gasteiger partial charge in [0.25, 0.3) is 0 Å². The first-order valence-electron chi connectivity index (χ1n) is 13.1. The molecule has 1 aliphatic carbocycles. The number of nitrogens with zero attached hydrogens (tertiary/aromatic N) is 1. The SMILES string of the molecule is CCCCNC(=O)C(c1ccc(O)c(C)c1)N(C(=O)C(CC(C)C)NC(=O)OC(C)(C)C)C1CC1C. The lowest BCUT2D eigenvalue weighted by molar-refractivity contribution is -0.143. The number of phenols is 1. The van der Waals surface area contributed by atoms with E-state index in [1.165, 1.54) is 0 Å². The van der Waals surface area contributed by atoms with E-state index >= 15 is 0 Å². The molecule has 1 aromatic rings. The second-order valence-corrected chi connectivity index (χ2v) is 11.4. The monoisotopic (exact) mass is 503 g/mol. The van der Waals surface area contributed by atoms with Gasteiger partial charge in [0.15, 0.2) is 0 Å². The van der Waals surface area contributed by atoms with Crippen LogP contribution in [0, 0.1) is 18.8 Å². The van der Waals surface area contributed by atoms with Crippen LogP contribution in [0.2, 0.25) is 0 Å². The maximum absolute atomic E-state index is 14.1. The van der Waals surface area contributed by atoms with E-state index in [2.05, 4.69) is 17.6 Å². The number of hydrogen-bond donors (Lipinski definition) is 3. The van der Waals surface area contributed by atoms with E-state index in [0.29, 0.717) is 24.1 Å². The lowest BCUT2D eigenvalue weighted by Crippen LogP contribution is -2.54. The summed E-state index contributed by atoms with van der Waals surface area (Å²) in [7, 11) is 0. The molecule has 2 rings (SSSR count). The summed E-state index contributed by atoms with van der Waals surface area (Å²) < 4.78 is 5.44. The summed E-state index contributed by atoms with van der Waals surface area (Å²) in [6, 6.07) is 3.17. The topological polar surface area (TPSA) is 108 Å². The fourth-order valence-electron chi connectivity index (χ4n) is 4.27. The number of aromatic hydroxyl groups is 1. The highest BCUT2D eigenvalue weighted by Gasteiger charge is 2.48. The van der Waals surface area contributed by atoms with Crippen molar-refractivity contribution in [1.29, 1.82) is 0 Å². The molecule has 1 aliphatic rings. The van der Waals surface area contributed by atoms with Crippen molar-refractivity contribution in [1.82, 2.24) is 15.5 Å². The molecular weight excluding hydrogens is 458 g/mol. The molecule has 36 heavy (non-hydrogen) atoms. The van der Waals surface area contributed by atoms with Crippen molar-refractivity contribution in [2.45, 2.75) is 105 Å². The highest BCUT2D eigenvalue weighted by Crippen LogP contribution is 2.41. The van der Waals surface area contributed by atoms with Crippen molar-refractivity contribution >= 4 is 17.9 Å². The number of phenolic OH excluding ortho intramolecular Hbond substituents is 1. The Hall–Kier alpha value is -2.77. The second-order valence-electron chi connectivity index (χ2n) is 11.4. The summed E-state index contributed by atoms with van der Waals surface area (Å²) in [5.41, 5.74) is 0.555. The lowest BCUT2D eigenvalue weighted by Gasteiger charge is -2.35. The molecule has 0 spiro atoms. The first-order chi connectivity index (χ1) is 16.7. The minimum atomic E-state index is -0.876. The van der Waals surface area contributed by atoms with Gasteiger partial charge in [-0.1, -0.05) is 40.2 Å². The van der Waals surface area contributed by atoms with Crippen LogP contribution in [0.25, 0.3) is 0 Å². The fraction of sp³-hybridized carbons (Fsp3) is 0.679. The fourth-order valence-corrected chi connectivity index (χ4v) is 4.27. The first kappa shape index (κ1) is 29.5. The van der Waals surface area contributed by atoms with Crippen LogP contribution in [0.15, 0.2) is 18.2 Å². The van der Waals surface area contributed by atoms with E-state index in [4.69, 9.17) is 4.74 Å². The molecule has 8 nitrogen and oxygen atoms in total. The summed E-state index contributed by atoms with van der Waals surface area (Å²) >= 11 is 0. The minimum Gasteiger partial charge on any atom is -0.508 e. The molecule has 3 amide bonds. The molecule has 1 aromatic carbocycles.